The van der Waals surface area contributed by atoms with Gasteiger partial charge in [0.1, 0.15) is 5.82 Å². The number of benzene rings is 1. The van der Waals surface area contributed by atoms with E-state index in [1.807, 2.05) is 0 Å². The maximum Gasteiger partial charge on any atom is 0.214 e. The number of carbonyl (C=O) groups excluding carboxylic acids is 1. The molecular weight excluding hydrogens is 245 g/mol. The Morgan fingerprint density at radius 1 is 1.29 bits per heavy atom. The second-order valence-electron chi connectivity index (χ2n) is 3.93. The zero-order valence-corrected chi connectivity index (χ0v) is 9.91. The summed E-state index contributed by atoms with van der Waals surface area (Å²) in [7, 11) is -3.26. The van der Waals surface area contributed by atoms with Gasteiger partial charge in [-0.15, -0.1) is 0 Å². The van der Waals surface area contributed by atoms with E-state index in [4.69, 9.17) is 0 Å². The Hall–Kier alpha value is -1.27. The van der Waals surface area contributed by atoms with Crippen molar-refractivity contribution in [1.82, 2.24) is 4.31 Å². The Morgan fingerprint density at radius 2 is 1.94 bits per heavy atom. The van der Waals surface area contributed by atoms with Gasteiger partial charge in [0.05, 0.1) is 12.3 Å². The molecule has 6 heteroatoms. The number of nitrogens with zero attached hydrogens (tertiary/aromatic N) is 1. The predicted octanol–water partition coefficient (Wildman–Crippen LogP) is 1.04. The van der Waals surface area contributed by atoms with Crippen molar-refractivity contribution in [2.45, 2.75) is 6.42 Å². The lowest BCUT2D eigenvalue weighted by Crippen LogP contribution is -2.31. The van der Waals surface area contributed by atoms with E-state index < -0.39 is 15.8 Å². The predicted molar refractivity (Wildman–Crippen MR) is 60.7 cm³/mol. The number of hydrogen-bond acceptors (Lipinski definition) is 3. The van der Waals surface area contributed by atoms with Gasteiger partial charge in [-0.05, 0) is 30.7 Å². The number of hydrogen-bond donors (Lipinski definition) is 0. The van der Waals surface area contributed by atoms with Gasteiger partial charge in [-0.1, -0.05) is 0 Å². The van der Waals surface area contributed by atoms with E-state index in [0.29, 0.717) is 18.5 Å². The molecule has 0 amide bonds. The fourth-order valence-corrected chi connectivity index (χ4v) is 3.23. The van der Waals surface area contributed by atoms with Gasteiger partial charge in [0, 0.05) is 12.1 Å². The maximum absolute atomic E-state index is 12.7. The van der Waals surface area contributed by atoms with Crippen LogP contribution in [-0.4, -0.2) is 37.3 Å². The van der Waals surface area contributed by atoms with Crippen LogP contribution >= 0.6 is 0 Å². The Balaban J connectivity index is 2.10. The molecule has 0 radical (unpaired) electrons. The van der Waals surface area contributed by atoms with Crippen molar-refractivity contribution >= 4 is 15.8 Å². The minimum absolute atomic E-state index is 0.101. The molecule has 17 heavy (non-hydrogen) atoms. The van der Waals surface area contributed by atoms with Crippen LogP contribution in [0.4, 0.5) is 4.39 Å². The molecule has 0 N–H and O–H groups in total. The Bertz CT molecular complexity index is 524. The summed E-state index contributed by atoms with van der Waals surface area (Å²) in [4.78, 5) is 11.8. The minimum Gasteiger partial charge on any atom is -0.293 e. The highest BCUT2D eigenvalue weighted by Crippen LogP contribution is 2.14. The molecule has 0 unspecified atom stereocenters. The summed E-state index contributed by atoms with van der Waals surface area (Å²) in [6, 6.07) is 5.10. The van der Waals surface area contributed by atoms with E-state index in [9.17, 15) is 17.6 Å². The van der Waals surface area contributed by atoms with Gasteiger partial charge in [-0.25, -0.2) is 12.8 Å². The first kappa shape index (κ1) is 12.2. The Kier molecular flexibility index (Phi) is 3.26. The van der Waals surface area contributed by atoms with Crippen molar-refractivity contribution in [1.29, 1.82) is 0 Å². The average Bonchev–Trinajstić information content (AvgIpc) is 2.59. The topological polar surface area (TPSA) is 54.5 Å². The summed E-state index contributed by atoms with van der Waals surface area (Å²) in [5.74, 6) is -0.630. The monoisotopic (exact) mass is 257 g/mol. The Labute approximate surface area is 99.1 Å². The highest BCUT2D eigenvalue weighted by Gasteiger charge is 2.29. The van der Waals surface area contributed by atoms with Crippen LogP contribution in [0.2, 0.25) is 0 Å². The molecule has 1 fully saturated rings. The summed E-state index contributed by atoms with van der Waals surface area (Å²) in [5, 5.41) is 0. The van der Waals surface area contributed by atoms with E-state index in [0.717, 1.165) is 0 Å². The lowest BCUT2D eigenvalue weighted by atomic mass is 10.1. The van der Waals surface area contributed by atoms with Crippen LogP contribution in [0.1, 0.15) is 16.8 Å². The molecule has 1 aromatic carbocycles. The molecular formula is C11H12FNO3S. The van der Waals surface area contributed by atoms with E-state index in [2.05, 4.69) is 0 Å². The second kappa shape index (κ2) is 4.54. The first-order valence-electron chi connectivity index (χ1n) is 5.26. The van der Waals surface area contributed by atoms with Gasteiger partial charge in [-0.2, -0.15) is 4.31 Å². The maximum atomic E-state index is 12.7. The molecule has 1 saturated heterocycles. The van der Waals surface area contributed by atoms with Crippen LogP contribution in [0.3, 0.4) is 0 Å². The van der Waals surface area contributed by atoms with Crippen LogP contribution in [0.25, 0.3) is 0 Å². The standard InChI is InChI=1S/C11H12FNO3S/c12-10-4-2-9(3-5-10)11(14)8-13-6-1-7-17(13,15)16/h2-5H,1,6-8H2. The summed E-state index contributed by atoms with van der Waals surface area (Å²) in [6.45, 7) is 0.225. The molecule has 4 nitrogen and oxygen atoms in total. The summed E-state index contributed by atoms with van der Waals surface area (Å²) >= 11 is 0. The number of Topliss-reactive ketones (excluding diaryl/α,β-unsaturated/α-hetero) is 1. The molecule has 2 rings (SSSR count). The fraction of sp³-hybridized carbons (Fsp3) is 0.364. The van der Waals surface area contributed by atoms with Gasteiger partial charge in [-0.3, -0.25) is 4.79 Å². The average molecular weight is 257 g/mol. The van der Waals surface area contributed by atoms with Crippen molar-refractivity contribution in [2.75, 3.05) is 18.8 Å². The first-order valence-corrected chi connectivity index (χ1v) is 6.86. The molecule has 1 heterocycles. The van der Waals surface area contributed by atoms with Crippen molar-refractivity contribution in [3.05, 3.63) is 35.6 Å². The van der Waals surface area contributed by atoms with E-state index in [1.54, 1.807) is 0 Å². The van der Waals surface area contributed by atoms with E-state index >= 15 is 0 Å². The molecule has 0 atom stereocenters. The quantitative estimate of drug-likeness (QED) is 0.760. The zero-order chi connectivity index (χ0) is 12.5. The smallest absolute Gasteiger partial charge is 0.214 e. The van der Waals surface area contributed by atoms with Crippen molar-refractivity contribution in [2.24, 2.45) is 0 Å². The molecule has 0 saturated carbocycles. The van der Waals surface area contributed by atoms with Gasteiger partial charge >= 0.3 is 0 Å². The number of ketones is 1. The third-order valence-corrected chi connectivity index (χ3v) is 4.59. The number of carbonyl (C=O) groups is 1. The van der Waals surface area contributed by atoms with E-state index in [1.165, 1.54) is 28.6 Å². The normalized spacial score (nSPS) is 19.4. The second-order valence-corrected chi connectivity index (χ2v) is 6.02. The van der Waals surface area contributed by atoms with Crippen molar-refractivity contribution < 1.29 is 17.6 Å². The van der Waals surface area contributed by atoms with Crippen LogP contribution < -0.4 is 0 Å². The van der Waals surface area contributed by atoms with Gasteiger partial charge in [0.15, 0.2) is 5.78 Å². The Morgan fingerprint density at radius 3 is 2.47 bits per heavy atom. The summed E-state index contributed by atoms with van der Waals surface area (Å²) in [5.41, 5.74) is 0.327. The zero-order valence-electron chi connectivity index (χ0n) is 9.10. The van der Waals surface area contributed by atoms with Crippen LogP contribution in [0, 0.1) is 5.82 Å². The highest BCUT2D eigenvalue weighted by atomic mass is 32.2. The first-order chi connectivity index (χ1) is 7.99. The SMILES string of the molecule is O=C(CN1CCCS1(=O)=O)c1ccc(F)cc1. The molecule has 0 aromatic heterocycles. The van der Waals surface area contributed by atoms with Crippen LogP contribution in [0.15, 0.2) is 24.3 Å². The third kappa shape index (κ3) is 2.70. The molecule has 0 aliphatic carbocycles. The molecule has 0 bridgehead atoms. The van der Waals surface area contributed by atoms with Crippen molar-refractivity contribution in [3.8, 4) is 0 Å². The largest absolute Gasteiger partial charge is 0.293 e. The van der Waals surface area contributed by atoms with Crippen LogP contribution in [-0.2, 0) is 10.0 Å². The molecule has 1 aromatic rings. The fourth-order valence-electron chi connectivity index (χ4n) is 1.76. The minimum atomic E-state index is -3.26. The van der Waals surface area contributed by atoms with Crippen molar-refractivity contribution in [3.63, 3.8) is 0 Å². The molecule has 1 aliphatic heterocycles. The van der Waals surface area contributed by atoms with Gasteiger partial charge < -0.3 is 0 Å². The lowest BCUT2D eigenvalue weighted by Gasteiger charge is -2.12. The molecule has 0 spiro atoms. The number of sulfonamides is 1. The van der Waals surface area contributed by atoms with Gasteiger partial charge in [0.2, 0.25) is 10.0 Å². The summed E-state index contributed by atoms with van der Waals surface area (Å²) < 4.78 is 36.8. The van der Waals surface area contributed by atoms with Gasteiger partial charge in [0.25, 0.3) is 0 Å². The lowest BCUT2D eigenvalue weighted by molar-refractivity contribution is 0.0969. The molecule has 92 valence electrons. The van der Waals surface area contributed by atoms with Crippen LogP contribution in [0.5, 0.6) is 0 Å². The van der Waals surface area contributed by atoms with E-state index in [-0.39, 0.29) is 18.1 Å². The third-order valence-electron chi connectivity index (χ3n) is 2.69. The summed E-state index contributed by atoms with van der Waals surface area (Å²) in [6.07, 6.45) is 0.555. The number of halogens is 1. The molecule has 1 aliphatic rings. The highest BCUT2D eigenvalue weighted by molar-refractivity contribution is 7.89. The number of rotatable bonds is 3.